The Labute approximate surface area is 189 Å². The highest BCUT2D eigenvalue weighted by Crippen LogP contribution is 2.36. The van der Waals surface area contributed by atoms with Crippen LogP contribution >= 0.6 is 50.7 Å². The molecule has 10 nitrogen and oxygen atoms in total. The SMILES string of the molecule is CC(=O)OC[C@H]1O[C@@](Br)(NC(=O)OC(Cl)(Cl)CCl)C[C@H](OC(C)=O)[C@H]1OC(C)=O. The molecule has 0 radical (unpaired) electrons. The zero-order chi connectivity index (χ0) is 22.4. The van der Waals surface area contributed by atoms with Crippen LogP contribution in [0.25, 0.3) is 0 Å². The molecule has 0 aromatic heterocycles. The van der Waals surface area contributed by atoms with Gasteiger partial charge in [-0.05, 0) is 15.9 Å². The van der Waals surface area contributed by atoms with Gasteiger partial charge in [-0.3, -0.25) is 19.7 Å². The first-order chi connectivity index (χ1) is 13.3. The van der Waals surface area contributed by atoms with Crippen LogP contribution < -0.4 is 5.32 Å². The number of carbonyl (C=O) groups excluding carboxylic acids is 4. The van der Waals surface area contributed by atoms with Crippen molar-refractivity contribution in [2.75, 3.05) is 12.5 Å². The van der Waals surface area contributed by atoms with E-state index in [0.717, 1.165) is 20.8 Å². The van der Waals surface area contributed by atoms with Crippen LogP contribution in [0.2, 0.25) is 0 Å². The molecule has 166 valence electrons. The van der Waals surface area contributed by atoms with E-state index >= 15 is 0 Å². The van der Waals surface area contributed by atoms with E-state index in [0.29, 0.717) is 0 Å². The minimum atomic E-state index is -2.00. The average Bonchev–Trinajstić information content (AvgIpc) is 2.53. The quantitative estimate of drug-likeness (QED) is 0.223. The van der Waals surface area contributed by atoms with Crippen molar-refractivity contribution in [3.05, 3.63) is 0 Å². The van der Waals surface area contributed by atoms with E-state index in [9.17, 15) is 19.2 Å². The van der Waals surface area contributed by atoms with Gasteiger partial charge in [-0.2, -0.15) is 0 Å². The second-order valence-electron chi connectivity index (χ2n) is 5.90. The molecule has 0 aromatic carbocycles. The van der Waals surface area contributed by atoms with Gasteiger partial charge in [-0.15, -0.1) is 11.6 Å². The van der Waals surface area contributed by atoms with Crippen LogP contribution in [0.5, 0.6) is 0 Å². The first-order valence-electron chi connectivity index (χ1n) is 8.06. The van der Waals surface area contributed by atoms with Gasteiger partial charge in [0.2, 0.25) is 4.63 Å². The number of alkyl halides is 4. The Morgan fingerprint density at radius 1 is 1.14 bits per heavy atom. The largest absolute Gasteiger partial charge is 0.463 e. The van der Waals surface area contributed by atoms with Gasteiger partial charge in [0.15, 0.2) is 6.10 Å². The van der Waals surface area contributed by atoms with Crippen molar-refractivity contribution < 1.29 is 42.9 Å². The van der Waals surface area contributed by atoms with Gasteiger partial charge in [0, 0.05) is 27.2 Å². The van der Waals surface area contributed by atoms with E-state index < -0.39 is 57.3 Å². The number of hydrogen-bond donors (Lipinski definition) is 1. The average molecular weight is 544 g/mol. The second kappa shape index (κ2) is 10.9. The molecule has 0 saturated carbocycles. The van der Waals surface area contributed by atoms with E-state index in [2.05, 4.69) is 21.2 Å². The van der Waals surface area contributed by atoms with Crippen LogP contribution in [0.3, 0.4) is 0 Å². The van der Waals surface area contributed by atoms with Crippen molar-refractivity contribution in [3.63, 3.8) is 0 Å². The topological polar surface area (TPSA) is 126 Å². The first-order valence-corrected chi connectivity index (χ1v) is 10.1. The molecule has 1 fully saturated rings. The maximum atomic E-state index is 12.1. The van der Waals surface area contributed by atoms with Crippen molar-refractivity contribution in [1.82, 2.24) is 5.32 Å². The summed E-state index contributed by atoms with van der Waals surface area (Å²) < 4.78 is 22.1. The zero-order valence-corrected chi connectivity index (χ0v) is 19.4. The van der Waals surface area contributed by atoms with Crippen LogP contribution in [-0.2, 0) is 38.1 Å². The Kier molecular flexibility index (Phi) is 9.74. The molecule has 0 bridgehead atoms. The smallest absolute Gasteiger partial charge is 0.412 e. The third-order valence-corrected chi connectivity index (χ3v) is 5.07. The predicted molar refractivity (Wildman–Crippen MR) is 104 cm³/mol. The number of amides is 1. The molecular weight excluding hydrogens is 524 g/mol. The number of halogens is 4. The number of ether oxygens (including phenoxy) is 5. The molecule has 1 saturated heterocycles. The minimum Gasteiger partial charge on any atom is -0.463 e. The molecule has 0 spiro atoms. The fraction of sp³-hybridized carbons (Fsp3) is 0.733. The summed E-state index contributed by atoms with van der Waals surface area (Å²) in [4.78, 5) is 46.3. The van der Waals surface area contributed by atoms with E-state index in [1.165, 1.54) is 0 Å². The number of esters is 3. The van der Waals surface area contributed by atoms with E-state index in [4.69, 9.17) is 58.5 Å². The number of hydrogen-bond acceptors (Lipinski definition) is 9. The highest BCUT2D eigenvalue weighted by molar-refractivity contribution is 9.10. The monoisotopic (exact) mass is 541 g/mol. The molecule has 4 atom stereocenters. The van der Waals surface area contributed by atoms with Crippen molar-refractivity contribution in [2.24, 2.45) is 0 Å². The number of rotatable bonds is 7. The fourth-order valence-electron chi connectivity index (χ4n) is 2.38. The van der Waals surface area contributed by atoms with Gasteiger partial charge in [0.25, 0.3) is 4.52 Å². The molecule has 1 aliphatic rings. The van der Waals surface area contributed by atoms with Gasteiger partial charge < -0.3 is 23.7 Å². The van der Waals surface area contributed by atoms with Crippen LogP contribution in [-0.4, -0.2) is 64.0 Å². The van der Waals surface area contributed by atoms with Crippen molar-refractivity contribution >= 4 is 74.7 Å². The minimum absolute atomic E-state index is 0.214. The molecule has 1 aliphatic heterocycles. The summed E-state index contributed by atoms with van der Waals surface area (Å²) in [5.74, 6) is -2.41. The lowest BCUT2D eigenvalue weighted by Gasteiger charge is -2.44. The fourth-order valence-corrected chi connectivity index (χ4v) is 3.30. The number of carbonyl (C=O) groups is 4. The van der Waals surface area contributed by atoms with Crippen LogP contribution in [0.15, 0.2) is 0 Å². The molecule has 0 aromatic rings. The Morgan fingerprint density at radius 3 is 2.21 bits per heavy atom. The highest BCUT2D eigenvalue weighted by Gasteiger charge is 2.51. The van der Waals surface area contributed by atoms with Gasteiger partial charge in [-0.25, -0.2) is 4.79 Å². The summed E-state index contributed by atoms with van der Waals surface area (Å²) >= 11 is 20.0. The van der Waals surface area contributed by atoms with E-state index in [1.807, 2.05) is 0 Å². The molecule has 0 unspecified atom stereocenters. The zero-order valence-electron chi connectivity index (χ0n) is 15.5. The lowest BCUT2D eigenvalue weighted by atomic mass is 10.00. The molecule has 1 heterocycles. The van der Waals surface area contributed by atoms with E-state index in [-0.39, 0.29) is 13.0 Å². The van der Waals surface area contributed by atoms with Crippen molar-refractivity contribution in [3.8, 4) is 0 Å². The maximum Gasteiger partial charge on any atom is 0.412 e. The summed E-state index contributed by atoms with van der Waals surface area (Å²) in [5, 5.41) is 2.31. The summed E-state index contributed by atoms with van der Waals surface area (Å²) in [5.41, 5.74) is 0. The molecule has 0 aliphatic carbocycles. The third kappa shape index (κ3) is 9.12. The molecule has 14 heteroatoms. The number of nitrogens with one attached hydrogen (secondary N) is 1. The Hall–Kier alpha value is -1.01. The number of alkyl carbamates (subject to hydrolysis) is 1. The predicted octanol–water partition coefficient (Wildman–Crippen LogP) is 2.35. The Morgan fingerprint density at radius 2 is 1.72 bits per heavy atom. The van der Waals surface area contributed by atoms with Crippen LogP contribution in [0.1, 0.15) is 27.2 Å². The van der Waals surface area contributed by atoms with Gasteiger partial charge in [0.05, 0.1) is 5.88 Å². The summed E-state index contributed by atoms with van der Waals surface area (Å²) in [6, 6.07) is 0. The standard InChI is InChI=1S/C15H19BrCl3NO9/c1-7(21)25-5-11-12(27-9(3)23)10(26-8(2)22)4-14(16,28-11)20-13(24)29-15(18,19)6-17/h10-12H,4-6H2,1-3H3,(H,20,24)/t10-,11+,12+,14-/m0/s1. The van der Waals surface area contributed by atoms with E-state index in [1.54, 1.807) is 0 Å². The van der Waals surface area contributed by atoms with Gasteiger partial charge in [-0.1, -0.05) is 23.2 Å². The summed E-state index contributed by atoms with van der Waals surface area (Å²) in [6.45, 7) is 3.09. The lowest BCUT2D eigenvalue weighted by Crippen LogP contribution is -2.62. The maximum absolute atomic E-state index is 12.1. The van der Waals surface area contributed by atoms with Crippen LogP contribution in [0.4, 0.5) is 4.79 Å². The second-order valence-corrected chi connectivity index (χ2v) is 8.86. The van der Waals surface area contributed by atoms with Gasteiger partial charge in [0.1, 0.15) is 18.8 Å². The molecule has 1 rings (SSSR count). The summed E-state index contributed by atoms with van der Waals surface area (Å²) in [7, 11) is 0. The summed E-state index contributed by atoms with van der Waals surface area (Å²) in [6.07, 6.45) is -4.65. The highest BCUT2D eigenvalue weighted by atomic mass is 79.9. The van der Waals surface area contributed by atoms with Crippen LogP contribution in [0, 0.1) is 0 Å². The lowest BCUT2D eigenvalue weighted by molar-refractivity contribution is -0.223. The molecule has 29 heavy (non-hydrogen) atoms. The van der Waals surface area contributed by atoms with Crippen molar-refractivity contribution in [1.29, 1.82) is 0 Å². The third-order valence-electron chi connectivity index (χ3n) is 3.29. The Bertz CT molecular complexity index is 651. The van der Waals surface area contributed by atoms with Gasteiger partial charge >= 0.3 is 24.0 Å². The molecule has 1 N–H and O–H groups in total. The molecule has 1 amide bonds. The normalized spacial score (nSPS) is 26.8. The Balaban J connectivity index is 3.09. The first kappa shape index (κ1) is 26.0. The molecular formula is C15H19BrCl3NO9. The van der Waals surface area contributed by atoms with Crippen molar-refractivity contribution in [2.45, 2.75) is 54.7 Å².